The van der Waals surface area contributed by atoms with Crippen molar-refractivity contribution in [3.8, 4) is 0 Å². The van der Waals surface area contributed by atoms with E-state index in [4.69, 9.17) is 9.05 Å². The van der Waals surface area contributed by atoms with E-state index in [0.717, 1.165) is 14.2 Å². The zero-order chi connectivity index (χ0) is 16.0. The summed E-state index contributed by atoms with van der Waals surface area (Å²) in [6.45, 7) is 6.79. The van der Waals surface area contributed by atoms with Crippen LogP contribution in [0.15, 0.2) is 25.3 Å². The van der Waals surface area contributed by atoms with Crippen molar-refractivity contribution in [3.63, 3.8) is 0 Å². The molecule has 2 N–H and O–H groups in total. The van der Waals surface area contributed by atoms with Gasteiger partial charge in [0.15, 0.2) is 5.16 Å². The number of carboxylic acids is 2. The van der Waals surface area contributed by atoms with Gasteiger partial charge in [0.1, 0.15) is 0 Å². The van der Waals surface area contributed by atoms with Gasteiger partial charge >= 0.3 is 19.5 Å². The first-order valence-corrected chi connectivity index (χ1v) is 7.21. The van der Waals surface area contributed by atoms with E-state index in [9.17, 15) is 24.4 Å². The maximum atomic E-state index is 12.7. The van der Waals surface area contributed by atoms with Crippen molar-refractivity contribution in [2.24, 2.45) is 5.92 Å². The van der Waals surface area contributed by atoms with E-state index in [1.54, 1.807) is 0 Å². The highest BCUT2D eigenvalue weighted by atomic mass is 31.2. The average Bonchev–Trinajstić information content (AvgIpc) is 2.41. The molecule has 0 amide bonds. The maximum Gasteiger partial charge on any atom is 0.348 e. The van der Waals surface area contributed by atoms with Crippen LogP contribution in [0.5, 0.6) is 0 Å². The lowest BCUT2D eigenvalue weighted by molar-refractivity contribution is -0.152. The number of allylic oxidation sites excluding steroid dienone is 2. The van der Waals surface area contributed by atoms with Crippen molar-refractivity contribution >= 4 is 19.5 Å². The fourth-order valence-electron chi connectivity index (χ4n) is 2.09. The van der Waals surface area contributed by atoms with Crippen LogP contribution in [0, 0.1) is 5.92 Å². The standard InChI is InChI=1S/C12H19O7P/c1-5-7-9(10(13)14)12(8-6-2,11(15)16)20(17,18-3)19-4/h5-6,9H,1-2,7-8H2,3-4H3,(H,13,14)(H,15,16). The van der Waals surface area contributed by atoms with E-state index >= 15 is 0 Å². The molecule has 0 spiro atoms. The Morgan fingerprint density at radius 1 is 1.25 bits per heavy atom. The van der Waals surface area contributed by atoms with Crippen LogP contribution in [0.25, 0.3) is 0 Å². The minimum absolute atomic E-state index is 0.202. The lowest BCUT2D eigenvalue weighted by Gasteiger charge is -2.37. The topological polar surface area (TPSA) is 110 Å². The van der Waals surface area contributed by atoms with Gasteiger partial charge < -0.3 is 19.3 Å². The number of hydrogen-bond donors (Lipinski definition) is 2. The molecule has 7 nitrogen and oxygen atoms in total. The maximum absolute atomic E-state index is 12.7. The molecule has 0 saturated carbocycles. The van der Waals surface area contributed by atoms with Crippen LogP contribution in [-0.4, -0.2) is 41.5 Å². The molecule has 0 saturated heterocycles. The highest BCUT2D eigenvalue weighted by Crippen LogP contribution is 2.64. The zero-order valence-electron chi connectivity index (χ0n) is 11.4. The van der Waals surface area contributed by atoms with Crippen LogP contribution in [0.4, 0.5) is 0 Å². The first-order valence-electron chi connectivity index (χ1n) is 5.67. The SMILES string of the molecule is C=CCC(C(=O)O)C(CC=C)(C(=O)O)P(=O)(OC)OC. The fraction of sp³-hybridized carbons (Fsp3) is 0.500. The normalized spacial score (nSPS) is 15.9. The average molecular weight is 306 g/mol. The number of aliphatic carboxylic acids is 2. The van der Waals surface area contributed by atoms with Gasteiger partial charge in [-0.15, -0.1) is 13.2 Å². The summed E-state index contributed by atoms with van der Waals surface area (Å²) in [5, 5.41) is 16.5. The second-order valence-electron chi connectivity index (χ2n) is 4.00. The molecule has 8 heteroatoms. The van der Waals surface area contributed by atoms with Gasteiger partial charge in [0.25, 0.3) is 0 Å². The molecule has 0 heterocycles. The van der Waals surface area contributed by atoms with Gasteiger partial charge in [-0.1, -0.05) is 12.2 Å². The lowest BCUT2D eigenvalue weighted by Crippen LogP contribution is -2.49. The summed E-state index contributed by atoms with van der Waals surface area (Å²) in [5.74, 6) is -4.54. The molecule has 2 atom stereocenters. The van der Waals surface area contributed by atoms with Gasteiger partial charge in [0.05, 0.1) is 5.92 Å². The van der Waals surface area contributed by atoms with E-state index in [0.29, 0.717) is 0 Å². The lowest BCUT2D eigenvalue weighted by atomic mass is 9.85. The molecular weight excluding hydrogens is 287 g/mol. The smallest absolute Gasteiger partial charge is 0.348 e. The Labute approximate surface area is 117 Å². The minimum Gasteiger partial charge on any atom is -0.481 e. The molecule has 0 aliphatic rings. The van der Waals surface area contributed by atoms with Crippen LogP contribution in [-0.2, 0) is 23.2 Å². The summed E-state index contributed by atoms with van der Waals surface area (Å²) >= 11 is 0. The monoisotopic (exact) mass is 306 g/mol. The molecule has 114 valence electrons. The summed E-state index contributed by atoms with van der Waals surface area (Å²) in [7, 11) is -2.21. The highest BCUT2D eigenvalue weighted by molar-refractivity contribution is 7.56. The Morgan fingerprint density at radius 2 is 1.75 bits per heavy atom. The highest BCUT2D eigenvalue weighted by Gasteiger charge is 2.62. The van der Waals surface area contributed by atoms with Crippen LogP contribution < -0.4 is 0 Å². The fourth-order valence-corrected chi connectivity index (χ4v) is 4.07. The van der Waals surface area contributed by atoms with Crippen molar-refractivity contribution in [2.75, 3.05) is 14.2 Å². The largest absolute Gasteiger partial charge is 0.481 e. The van der Waals surface area contributed by atoms with Gasteiger partial charge in [-0.2, -0.15) is 0 Å². The third kappa shape index (κ3) is 3.00. The Kier molecular flexibility index (Phi) is 6.85. The van der Waals surface area contributed by atoms with Gasteiger partial charge in [0.2, 0.25) is 0 Å². The van der Waals surface area contributed by atoms with Crippen LogP contribution >= 0.6 is 7.60 Å². The number of carbonyl (C=O) groups is 2. The number of rotatable bonds is 10. The molecule has 0 fully saturated rings. The van der Waals surface area contributed by atoms with Crippen LogP contribution in [0.1, 0.15) is 12.8 Å². The number of carboxylic acid groups (broad SMARTS) is 2. The summed E-state index contributed by atoms with van der Waals surface area (Å²) in [6.07, 6.45) is 1.84. The third-order valence-electron chi connectivity index (χ3n) is 3.07. The van der Waals surface area contributed by atoms with Crippen molar-refractivity contribution in [1.82, 2.24) is 0 Å². The summed E-state index contributed by atoms with van der Waals surface area (Å²) in [4.78, 5) is 23.1. The molecule has 2 unspecified atom stereocenters. The predicted octanol–water partition coefficient (Wildman–Crippen LogP) is 2.15. The molecule has 0 bridgehead atoms. The Balaban J connectivity index is 6.33. The van der Waals surface area contributed by atoms with E-state index in [-0.39, 0.29) is 12.8 Å². The first kappa shape index (κ1) is 18.6. The second-order valence-corrected chi connectivity index (χ2v) is 6.52. The minimum atomic E-state index is -4.23. The van der Waals surface area contributed by atoms with Gasteiger partial charge in [-0.3, -0.25) is 14.2 Å². The van der Waals surface area contributed by atoms with Crippen molar-refractivity contribution in [1.29, 1.82) is 0 Å². The molecule has 0 aromatic heterocycles. The van der Waals surface area contributed by atoms with E-state index in [1.807, 2.05) is 0 Å². The van der Waals surface area contributed by atoms with Crippen molar-refractivity contribution in [3.05, 3.63) is 25.3 Å². The Morgan fingerprint density at radius 3 is 2.00 bits per heavy atom. The third-order valence-corrected chi connectivity index (χ3v) is 5.70. The molecule has 0 aliphatic carbocycles. The van der Waals surface area contributed by atoms with Crippen LogP contribution in [0.2, 0.25) is 0 Å². The molecular formula is C12H19O7P. The van der Waals surface area contributed by atoms with E-state index in [2.05, 4.69) is 13.2 Å². The summed E-state index contributed by atoms with van der Waals surface area (Å²) < 4.78 is 22.2. The Hall–Kier alpha value is -1.43. The molecule has 20 heavy (non-hydrogen) atoms. The van der Waals surface area contributed by atoms with Gasteiger partial charge in [0, 0.05) is 14.2 Å². The second kappa shape index (κ2) is 7.38. The molecule has 0 aliphatic heterocycles. The first-order chi connectivity index (χ1) is 9.27. The Bertz CT molecular complexity index is 437. The van der Waals surface area contributed by atoms with Gasteiger partial charge in [-0.05, 0) is 12.8 Å². The summed E-state index contributed by atoms with van der Waals surface area (Å²) in [5.41, 5.74) is 0. The predicted molar refractivity (Wildman–Crippen MR) is 72.7 cm³/mol. The zero-order valence-corrected chi connectivity index (χ0v) is 12.3. The van der Waals surface area contributed by atoms with Crippen molar-refractivity contribution < 1.29 is 33.4 Å². The molecule has 0 radical (unpaired) electrons. The quantitative estimate of drug-likeness (QED) is 0.470. The molecule has 0 aromatic rings. The van der Waals surface area contributed by atoms with E-state index in [1.165, 1.54) is 12.2 Å². The number of hydrogen-bond acceptors (Lipinski definition) is 5. The molecule has 0 aromatic carbocycles. The van der Waals surface area contributed by atoms with Crippen LogP contribution in [0.3, 0.4) is 0 Å². The van der Waals surface area contributed by atoms with Gasteiger partial charge in [-0.25, -0.2) is 0 Å². The molecule has 0 rings (SSSR count). The van der Waals surface area contributed by atoms with E-state index < -0.39 is 30.6 Å². The van der Waals surface area contributed by atoms with Crippen molar-refractivity contribution in [2.45, 2.75) is 18.0 Å². The summed E-state index contributed by atoms with van der Waals surface area (Å²) in [6, 6.07) is 0.